The Hall–Kier alpha value is -2.20. The zero-order valence-electron chi connectivity index (χ0n) is 25.0. The Morgan fingerprint density at radius 1 is 0.550 bits per heavy atom. The number of carbonyl (C=O) groups excluding carboxylic acids is 4. The zero-order chi connectivity index (χ0) is 29.8. The summed E-state index contributed by atoms with van der Waals surface area (Å²) in [6.45, 7) is 7.74. The molecule has 10 nitrogen and oxygen atoms in total. The van der Waals surface area contributed by atoms with Gasteiger partial charge in [0.1, 0.15) is 12.7 Å². The first kappa shape index (κ1) is 35.8. The second-order valence-corrected chi connectivity index (χ2v) is 10.4. The van der Waals surface area contributed by atoms with Crippen LogP contribution < -0.4 is 0 Å². The van der Waals surface area contributed by atoms with Gasteiger partial charge >= 0.3 is 23.9 Å². The molecule has 0 amide bonds. The Balaban J connectivity index is 3.17. The largest absolute Gasteiger partial charge is 0.463 e. The molecule has 0 aromatic heterocycles. The Morgan fingerprint density at radius 2 is 0.925 bits per heavy atom. The molecule has 1 aliphatic rings. The van der Waals surface area contributed by atoms with Crippen molar-refractivity contribution in [3.05, 3.63) is 0 Å². The molecule has 1 rings (SSSR count). The topological polar surface area (TPSA) is 135 Å². The third kappa shape index (κ3) is 14.4. The summed E-state index contributed by atoms with van der Waals surface area (Å²) in [6.07, 6.45) is 3.36. The molecule has 40 heavy (non-hydrogen) atoms. The summed E-state index contributed by atoms with van der Waals surface area (Å²) < 4.78 is 28.1. The number of hydrogen-bond acceptors (Lipinski definition) is 10. The van der Waals surface area contributed by atoms with Crippen LogP contribution in [0, 0.1) is 0 Å². The summed E-state index contributed by atoms with van der Waals surface area (Å²) in [6, 6.07) is 0. The van der Waals surface area contributed by atoms with Gasteiger partial charge in [0, 0.05) is 25.7 Å². The van der Waals surface area contributed by atoms with Crippen molar-refractivity contribution in [1.29, 1.82) is 0 Å². The molecule has 0 aromatic carbocycles. The Morgan fingerprint density at radius 3 is 1.35 bits per heavy atom. The summed E-state index contributed by atoms with van der Waals surface area (Å²) >= 11 is 0. The second kappa shape index (κ2) is 21.5. The van der Waals surface area contributed by atoms with Crippen LogP contribution in [-0.4, -0.2) is 66.3 Å². The van der Waals surface area contributed by atoms with E-state index >= 15 is 0 Å². The van der Waals surface area contributed by atoms with E-state index in [9.17, 15) is 24.3 Å². The SMILES string of the molecule is CCCCCC(=O)OC[C@H]1O[C@H](O)[C@H](OC(=O)CCCCC)[C@@H](OC(=O)CCCCC)[C@@H]1OC(=O)CCCCC. The lowest BCUT2D eigenvalue weighted by molar-refractivity contribution is -0.297. The Bertz CT molecular complexity index is 740. The minimum Gasteiger partial charge on any atom is -0.463 e. The smallest absolute Gasteiger partial charge is 0.306 e. The lowest BCUT2D eigenvalue weighted by Gasteiger charge is -2.43. The molecule has 0 aromatic rings. The van der Waals surface area contributed by atoms with Gasteiger partial charge in [-0.3, -0.25) is 19.2 Å². The number of aliphatic hydroxyl groups is 1. The van der Waals surface area contributed by atoms with Crippen molar-refractivity contribution in [3.63, 3.8) is 0 Å². The molecular formula is C30H52O10. The molecule has 10 heteroatoms. The average Bonchev–Trinajstić information content (AvgIpc) is 2.91. The second-order valence-electron chi connectivity index (χ2n) is 10.4. The predicted molar refractivity (Wildman–Crippen MR) is 148 cm³/mol. The lowest BCUT2D eigenvalue weighted by Crippen LogP contribution is -2.62. The maximum absolute atomic E-state index is 12.8. The van der Waals surface area contributed by atoms with E-state index in [1.165, 1.54) is 0 Å². The normalized spacial score (nSPS) is 22.4. The highest BCUT2D eigenvalue weighted by atomic mass is 16.7. The van der Waals surface area contributed by atoms with E-state index in [2.05, 4.69) is 0 Å². The van der Waals surface area contributed by atoms with Gasteiger partial charge in [0.05, 0.1) is 0 Å². The quantitative estimate of drug-likeness (QED) is 0.110. The van der Waals surface area contributed by atoms with Crippen molar-refractivity contribution in [2.24, 2.45) is 0 Å². The molecule has 0 spiro atoms. The Labute approximate surface area is 239 Å². The molecule has 232 valence electrons. The van der Waals surface area contributed by atoms with Crippen molar-refractivity contribution < 1.29 is 48.0 Å². The maximum atomic E-state index is 12.8. The minimum absolute atomic E-state index is 0.118. The fourth-order valence-electron chi connectivity index (χ4n) is 4.39. The third-order valence-corrected chi connectivity index (χ3v) is 6.76. The van der Waals surface area contributed by atoms with Crippen LogP contribution in [0.4, 0.5) is 0 Å². The third-order valence-electron chi connectivity index (χ3n) is 6.76. The van der Waals surface area contributed by atoms with Crippen molar-refractivity contribution >= 4 is 23.9 Å². The van der Waals surface area contributed by atoms with Crippen LogP contribution in [0.3, 0.4) is 0 Å². The van der Waals surface area contributed by atoms with Gasteiger partial charge in [-0.1, -0.05) is 79.1 Å². The van der Waals surface area contributed by atoms with Gasteiger partial charge in [0.25, 0.3) is 0 Å². The number of esters is 4. The number of rotatable bonds is 21. The van der Waals surface area contributed by atoms with E-state index in [1.54, 1.807) is 0 Å². The monoisotopic (exact) mass is 572 g/mol. The van der Waals surface area contributed by atoms with Crippen molar-refractivity contribution in [1.82, 2.24) is 0 Å². The number of hydrogen-bond donors (Lipinski definition) is 1. The Kier molecular flexibility index (Phi) is 19.3. The summed E-state index contributed by atoms with van der Waals surface area (Å²) in [5, 5.41) is 10.8. The van der Waals surface area contributed by atoms with Crippen LogP contribution in [0.15, 0.2) is 0 Å². The molecule has 0 radical (unpaired) electrons. The summed E-state index contributed by atoms with van der Waals surface area (Å²) in [4.78, 5) is 50.4. The lowest BCUT2D eigenvalue weighted by atomic mass is 9.98. The van der Waals surface area contributed by atoms with Crippen LogP contribution in [0.1, 0.15) is 130 Å². The summed E-state index contributed by atoms with van der Waals surface area (Å²) in [5.74, 6) is -2.14. The highest BCUT2D eigenvalue weighted by Crippen LogP contribution is 2.29. The maximum Gasteiger partial charge on any atom is 0.306 e. The van der Waals surface area contributed by atoms with Gasteiger partial charge in [-0.2, -0.15) is 0 Å². The van der Waals surface area contributed by atoms with Crippen molar-refractivity contribution in [2.45, 2.75) is 161 Å². The first-order valence-corrected chi connectivity index (χ1v) is 15.3. The van der Waals surface area contributed by atoms with Gasteiger partial charge in [-0.15, -0.1) is 0 Å². The minimum atomic E-state index is -1.68. The van der Waals surface area contributed by atoms with E-state index in [0.717, 1.165) is 51.4 Å². The van der Waals surface area contributed by atoms with Crippen LogP contribution in [0.2, 0.25) is 0 Å². The molecule has 0 saturated carbocycles. The highest BCUT2D eigenvalue weighted by Gasteiger charge is 2.52. The van der Waals surface area contributed by atoms with Gasteiger partial charge < -0.3 is 28.8 Å². The standard InChI is InChI=1S/C30H52O10/c1-5-9-13-17-23(31)36-21-22-27(38-24(32)18-14-10-6-2)28(39-25(33)19-15-11-7-3)29(30(35)37-22)40-26(34)20-16-12-8-4/h22,27-30,35H,5-21H2,1-4H3/t22-,27-,28+,29-,30+/m1/s1. The average molecular weight is 573 g/mol. The number of unbranched alkanes of at least 4 members (excludes halogenated alkanes) is 8. The van der Waals surface area contributed by atoms with Crippen molar-refractivity contribution in [3.8, 4) is 0 Å². The van der Waals surface area contributed by atoms with Gasteiger partial charge in [0.15, 0.2) is 24.6 Å². The van der Waals surface area contributed by atoms with E-state index in [0.29, 0.717) is 25.7 Å². The molecular weight excluding hydrogens is 520 g/mol. The first-order chi connectivity index (χ1) is 19.3. The molecule has 1 N–H and O–H groups in total. The zero-order valence-corrected chi connectivity index (χ0v) is 25.0. The predicted octanol–water partition coefficient (Wildman–Crippen LogP) is 5.30. The molecule has 5 atom stereocenters. The van der Waals surface area contributed by atoms with E-state index in [1.807, 2.05) is 27.7 Å². The van der Waals surface area contributed by atoms with E-state index < -0.39 is 54.6 Å². The summed E-state index contributed by atoms with van der Waals surface area (Å²) in [7, 11) is 0. The molecule has 1 aliphatic heterocycles. The fourth-order valence-corrected chi connectivity index (χ4v) is 4.39. The summed E-state index contributed by atoms with van der Waals surface area (Å²) in [5.41, 5.74) is 0. The van der Waals surface area contributed by atoms with E-state index in [-0.39, 0.29) is 32.3 Å². The molecule has 1 fully saturated rings. The highest BCUT2D eigenvalue weighted by molar-refractivity contribution is 5.72. The number of ether oxygens (including phenoxy) is 5. The molecule has 0 aliphatic carbocycles. The molecule has 1 saturated heterocycles. The van der Waals surface area contributed by atoms with Crippen molar-refractivity contribution in [2.75, 3.05) is 6.61 Å². The van der Waals surface area contributed by atoms with E-state index in [4.69, 9.17) is 23.7 Å². The number of aliphatic hydroxyl groups excluding tert-OH is 1. The van der Waals surface area contributed by atoms with Gasteiger partial charge in [-0.05, 0) is 25.7 Å². The van der Waals surface area contributed by atoms with Crippen LogP contribution in [0.5, 0.6) is 0 Å². The van der Waals surface area contributed by atoms with Crippen LogP contribution >= 0.6 is 0 Å². The first-order valence-electron chi connectivity index (χ1n) is 15.3. The fraction of sp³-hybridized carbons (Fsp3) is 0.867. The molecule has 0 bridgehead atoms. The van der Waals surface area contributed by atoms with Gasteiger partial charge in [0.2, 0.25) is 0 Å². The molecule has 1 heterocycles. The number of carbonyl (C=O) groups is 4. The van der Waals surface area contributed by atoms with Crippen LogP contribution in [0.25, 0.3) is 0 Å². The van der Waals surface area contributed by atoms with Crippen LogP contribution in [-0.2, 0) is 42.9 Å². The van der Waals surface area contributed by atoms with Gasteiger partial charge in [-0.25, -0.2) is 0 Å². The molecule has 0 unspecified atom stereocenters.